The normalized spacial score (nSPS) is 26.3. The van der Waals surface area contributed by atoms with Crippen molar-refractivity contribution in [1.29, 1.82) is 0 Å². The van der Waals surface area contributed by atoms with E-state index in [0.717, 1.165) is 42.9 Å². The van der Waals surface area contributed by atoms with Gasteiger partial charge in [0.1, 0.15) is 0 Å². The van der Waals surface area contributed by atoms with Crippen LogP contribution in [-0.4, -0.2) is 54.7 Å². The van der Waals surface area contributed by atoms with E-state index >= 15 is 0 Å². The number of carbonyl (C=O) groups is 1. The van der Waals surface area contributed by atoms with Gasteiger partial charge in [0, 0.05) is 25.0 Å². The van der Waals surface area contributed by atoms with E-state index in [2.05, 4.69) is 16.8 Å². The summed E-state index contributed by atoms with van der Waals surface area (Å²) in [7, 11) is 2.20. The highest BCUT2D eigenvalue weighted by Crippen LogP contribution is 2.33. The average Bonchev–Trinajstić information content (AvgIpc) is 3.31. The van der Waals surface area contributed by atoms with Gasteiger partial charge in [-0.1, -0.05) is 6.07 Å². The summed E-state index contributed by atoms with van der Waals surface area (Å²) in [5.74, 6) is 1.90. The Hall–Kier alpha value is -1.75. The van der Waals surface area contributed by atoms with Crippen LogP contribution in [0.3, 0.4) is 0 Å². The van der Waals surface area contributed by atoms with Gasteiger partial charge in [-0.15, -0.1) is 0 Å². The van der Waals surface area contributed by atoms with Crippen molar-refractivity contribution < 1.29 is 14.3 Å². The van der Waals surface area contributed by atoms with Gasteiger partial charge in [-0.05, 0) is 63.4 Å². The first-order valence-corrected chi connectivity index (χ1v) is 9.10. The maximum atomic E-state index is 12.8. The zero-order chi connectivity index (χ0) is 16.5. The third kappa shape index (κ3) is 2.97. The Balaban J connectivity index is 1.37. The zero-order valence-corrected chi connectivity index (χ0v) is 14.4. The molecule has 3 aliphatic heterocycles. The monoisotopic (exact) mass is 330 g/mol. The van der Waals surface area contributed by atoms with Crippen LogP contribution in [-0.2, 0) is 11.2 Å². The van der Waals surface area contributed by atoms with Crippen LogP contribution >= 0.6 is 0 Å². The zero-order valence-electron chi connectivity index (χ0n) is 14.4. The summed E-state index contributed by atoms with van der Waals surface area (Å²) in [4.78, 5) is 17.4. The predicted octanol–water partition coefficient (Wildman–Crippen LogP) is 2.43. The Morgan fingerprint density at radius 3 is 2.75 bits per heavy atom. The van der Waals surface area contributed by atoms with Gasteiger partial charge in [0.25, 0.3) is 0 Å². The first kappa shape index (κ1) is 15.8. The van der Waals surface area contributed by atoms with Crippen molar-refractivity contribution in [3.8, 4) is 11.5 Å². The minimum Gasteiger partial charge on any atom is -0.454 e. The maximum Gasteiger partial charge on any atom is 0.231 e. The van der Waals surface area contributed by atoms with Crippen LogP contribution in [0.1, 0.15) is 37.7 Å². The maximum absolute atomic E-state index is 12.8. The number of hydrogen-bond acceptors (Lipinski definition) is 4. The van der Waals surface area contributed by atoms with Crippen molar-refractivity contribution in [1.82, 2.24) is 9.80 Å². The lowest BCUT2D eigenvalue weighted by Crippen LogP contribution is -2.47. The van der Waals surface area contributed by atoms with Crippen molar-refractivity contribution in [2.75, 3.05) is 26.9 Å². The van der Waals surface area contributed by atoms with Crippen molar-refractivity contribution >= 4 is 5.91 Å². The molecule has 3 aliphatic rings. The lowest BCUT2D eigenvalue weighted by atomic mass is 10.0. The minimum absolute atomic E-state index is 0.294. The molecule has 5 nitrogen and oxygen atoms in total. The number of ether oxygens (including phenoxy) is 2. The molecule has 0 bridgehead atoms. The Labute approximate surface area is 143 Å². The highest BCUT2D eigenvalue weighted by molar-refractivity contribution is 5.77. The third-order valence-corrected chi connectivity index (χ3v) is 5.71. The second kappa shape index (κ2) is 6.63. The standard InChI is InChI=1S/C19H26N2O3/c1-20-10-2-4-15(20)16-5-3-11-21(16)19(22)9-7-14-6-8-17-18(12-14)24-13-23-17/h6,8,12,15-16H,2-5,7,9-11,13H2,1H3/t15-,16+/m1/s1. The van der Waals surface area contributed by atoms with Gasteiger partial charge in [0.05, 0.1) is 0 Å². The van der Waals surface area contributed by atoms with E-state index < -0.39 is 0 Å². The Kier molecular flexibility index (Phi) is 4.35. The van der Waals surface area contributed by atoms with Crippen molar-refractivity contribution in [2.24, 2.45) is 0 Å². The van der Waals surface area contributed by atoms with Crippen molar-refractivity contribution in [3.63, 3.8) is 0 Å². The minimum atomic E-state index is 0.294. The second-order valence-electron chi connectivity index (χ2n) is 7.17. The molecular weight excluding hydrogens is 304 g/mol. The molecule has 0 aromatic heterocycles. The van der Waals surface area contributed by atoms with Gasteiger partial charge >= 0.3 is 0 Å². The van der Waals surface area contributed by atoms with Crippen molar-refractivity contribution in [2.45, 2.75) is 50.6 Å². The average molecular weight is 330 g/mol. The summed E-state index contributed by atoms with van der Waals surface area (Å²) in [6, 6.07) is 6.95. The lowest BCUT2D eigenvalue weighted by molar-refractivity contribution is -0.132. The van der Waals surface area contributed by atoms with E-state index in [-0.39, 0.29) is 0 Å². The van der Waals surface area contributed by atoms with Crippen LogP contribution in [0.4, 0.5) is 0 Å². The fraction of sp³-hybridized carbons (Fsp3) is 0.632. The topological polar surface area (TPSA) is 42.0 Å². The van der Waals surface area contributed by atoms with Gasteiger partial charge < -0.3 is 19.3 Å². The van der Waals surface area contributed by atoms with Gasteiger partial charge in [-0.2, -0.15) is 0 Å². The molecule has 3 heterocycles. The third-order valence-electron chi connectivity index (χ3n) is 5.71. The molecule has 0 aliphatic carbocycles. The number of nitrogens with zero attached hydrogens (tertiary/aromatic N) is 2. The lowest BCUT2D eigenvalue weighted by Gasteiger charge is -2.33. The van der Waals surface area contributed by atoms with E-state index in [9.17, 15) is 4.79 Å². The number of benzene rings is 1. The summed E-state index contributed by atoms with van der Waals surface area (Å²) in [5, 5.41) is 0. The molecule has 1 aromatic carbocycles. The van der Waals surface area contributed by atoms with E-state index in [1.807, 2.05) is 18.2 Å². The van der Waals surface area contributed by atoms with Gasteiger partial charge in [0.2, 0.25) is 12.7 Å². The Morgan fingerprint density at radius 1 is 1.12 bits per heavy atom. The van der Waals surface area contributed by atoms with Crippen LogP contribution in [0.25, 0.3) is 0 Å². The Morgan fingerprint density at radius 2 is 1.92 bits per heavy atom. The number of amides is 1. The molecule has 1 aromatic rings. The predicted molar refractivity (Wildman–Crippen MR) is 91.3 cm³/mol. The van der Waals surface area contributed by atoms with Gasteiger partial charge in [-0.25, -0.2) is 0 Å². The smallest absolute Gasteiger partial charge is 0.231 e. The molecule has 4 rings (SSSR count). The highest BCUT2D eigenvalue weighted by Gasteiger charge is 2.38. The highest BCUT2D eigenvalue weighted by atomic mass is 16.7. The molecule has 2 fully saturated rings. The number of carbonyl (C=O) groups excluding carboxylic acids is 1. The summed E-state index contributed by atoms with van der Waals surface area (Å²) < 4.78 is 10.8. The molecule has 0 spiro atoms. The molecular formula is C19H26N2O3. The van der Waals surface area contributed by atoms with E-state index in [4.69, 9.17) is 9.47 Å². The second-order valence-corrected chi connectivity index (χ2v) is 7.17. The number of rotatable bonds is 4. The first-order chi connectivity index (χ1) is 11.7. The molecule has 0 unspecified atom stereocenters. The van der Waals surface area contributed by atoms with Crippen LogP contribution in [0.15, 0.2) is 18.2 Å². The first-order valence-electron chi connectivity index (χ1n) is 9.10. The molecule has 24 heavy (non-hydrogen) atoms. The van der Waals surface area contributed by atoms with Gasteiger partial charge in [0.15, 0.2) is 11.5 Å². The van der Waals surface area contributed by atoms with Crippen LogP contribution in [0.5, 0.6) is 11.5 Å². The fourth-order valence-corrected chi connectivity index (χ4v) is 4.42. The molecule has 130 valence electrons. The van der Waals surface area contributed by atoms with E-state index in [1.54, 1.807) is 0 Å². The van der Waals surface area contributed by atoms with Crippen LogP contribution in [0.2, 0.25) is 0 Å². The molecule has 1 amide bonds. The quantitative estimate of drug-likeness (QED) is 0.850. The number of hydrogen-bond donors (Lipinski definition) is 0. The number of fused-ring (bicyclic) bond motifs is 1. The molecule has 0 radical (unpaired) electrons. The molecule has 5 heteroatoms. The number of likely N-dealkylation sites (N-methyl/N-ethyl adjacent to an activating group) is 1. The molecule has 0 N–H and O–H groups in total. The summed E-state index contributed by atoms with van der Waals surface area (Å²) >= 11 is 0. The van der Waals surface area contributed by atoms with Crippen LogP contribution < -0.4 is 9.47 Å². The fourth-order valence-electron chi connectivity index (χ4n) is 4.42. The van der Waals surface area contributed by atoms with Gasteiger partial charge in [-0.3, -0.25) is 4.79 Å². The SMILES string of the molecule is CN1CCC[C@@H]1[C@@H]1CCCN1C(=O)CCc1ccc2c(c1)OCO2. The van der Waals surface area contributed by atoms with Crippen molar-refractivity contribution in [3.05, 3.63) is 23.8 Å². The number of likely N-dealkylation sites (tertiary alicyclic amines) is 2. The summed E-state index contributed by atoms with van der Waals surface area (Å²) in [5.41, 5.74) is 1.14. The summed E-state index contributed by atoms with van der Waals surface area (Å²) in [6.45, 7) is 2.39. The van der Waals surface area contributed by atoms with E-state index in [1.165, 1.54) is 19.4 Å². The largest absolute Gasteiger partial charge is 0.454 e. The molecule has 2 saturated heterocycles. The summed E-state index contributed by atoms with van der Waals surface area (Å²) in [6.07, 6.45) is 6.13. The van der Waals surface area contributed by atoms with Crippen LogP contribution in [0, 0.1) is 0 Å². The Bertz CT molecular complexity index is 619. The molecule has 2 atom stereocenters. The number of aryl methyl sites for hydroxylation is 1. The molecule has 0 saturated carbocycles. The van der Waals surface area contributed by atoms with E-state index in [0.29, 0.717) is 31.2 Å².